The molecule has 1 N–H and O–H groups in total. The van der Waals surface area contributed by atoms with Gasteiger partial charge in [0.05, 0.1) is 0 Å². The van der Waals surface area contributed by atoms with Crippen LogP contribution >= 0.6 is 0 Å². The predicted molar refractivity (Wildman–Crippen MR) is 84.7 cm³/mol. The van der Waals surface area contributed by atoms with Crippen LogP contribution in [-0.4, -0.2) is 37.8 Å². The van der Waals surface area contributed by atoms with Gasteiger partial charge in [0, 0.05) is 26.3 Å². The highest BCUT2D eigenvalue weighted by atomic mass is 32.2. The molecule has 0 bridgehead atoms. The van der Waals surface area contributed by atoms with E-state index < -0.39 is 10.0 Å². The van der Waals surface area contributed by atoms with Gasteiger partial charge in [0.2, 0.25) is 10.0 Å². The van der Waals surface area contributed by atoms with Crippen molar-refractivity contribution in [1.82, 2.24) is 9.29 Å². The minimum atomic E-state index is -3.47. The second-order valence-electron chi connectivity index (χ2n) is 5.94. The predicted octanol–water partition coefficient (Wildman–Crippen LogP) is 2.57. The summed E-state index contributed by atoms with van der Waals surface area (Å²) in [5.74, 6) is 1.64. The fraction of sp³-hybridized carbons (Fsp3) is 0.667. The third kappa shape index (κ3) is 3.55. The van der Waals surface area contributed by atoms with E-state index in [9.17, 15) is 8.42 Å². The molecular formula is C15H25N3O2S. The topological polar surface area (TPSA) is 62.3 Å². The Morgan fingerprint density at radius 3 is 2.76 bits per heavy atom. The largest absolute Gasteiger partial charge is 0.372 e. The Hall–Kier alpha value is -1.14. The van der Waals surface area contributed by atoms with Crippen LogP contribution in [0.3, 0.4) is 0 Å². The summed E-state index contributed by atoms with van der Waals surface area (Å²) in [6.45, 7) is 5.64. The highest BCUT2D eigenvalue weighted by molar-refractivity contribution is 7.89. The van der Waals surface area contributed by atoms with Gasteiger partial charge in [-0.1, -0.05) is 13.8 Å². The molecule has 0 radical (unpaired) electrons. The molecule has 1 aliphatic heterocycles. The van der Waals surface area contributed by atoms with E-state index in [1.807, 2.05) is 0 Å². The van der Waals surface area contributed by atoms with Crippen molar-refractivity contribution < 1.29 is 8.42 Å². The number of hydrogen-bond donors (Lipinski definition) is 1. The Bertz CT molecular complexity index is 572. The van der Waals surface area contributed by atoms with Gasteiger partial charge in [0.1, 0.15) is 10.7 Å². The molecule has 1 fully saturated rings. The molecule has 1 atom stereocenters. The summed E-state index contributed by atoms with van der Waals surface area (Å²) < 4.78 is 27.3. The molecule has 1 aromatic heterocycles. The zero-order valence-electron chi connectivity index (χ0n) is 13.0. The normalized spacial score (nSPS) is 21.2. The first-order valence-corrected chi connectivity index (χ1v) is 9.03. The summed E-state index contributed by atoms with van der Waals surface area (Å²) in [7, 11) is -1.78. The molecule has 2 rings (SSSR count). The molecule has 21 heavy (non-hydrogen) atoms. The lowest BCUT2D eigenvalue weighted by Crippen LogP contribution is -2.32. The van der Waals surface area contributed by atoms with E-state index in [1.54, 1.807) is 29.7 Å². The van der Waals surface area contributed by atoms with Gasteiger partial charge in [-0.25, -0.2) is 13.4 Å². The van der Waals surface area contributed by atoms with Crippen LogP contribution in [0.5, 0.6) is 0 Å². The molecule has 1 saturated heterocycles. The molecule has 1 aliphatic rings. The van der Waals surface area contributed by atoms with Crippen LogP contribution in [0.4, 0.5) is 5.82 Å². The number of anilines is 1. The maximum atomic E-state index is 12.8. The Morgan fingerprint density at radius 1 is 1.33 bits per heavy atom. The first kappa shape index (κ1) is 16.2. The SMILES string of the molecule is CNc1ncccc1S(=O)(=O)N1CCCC(C(C)C)CC1. The molecule has 0 aromatic carbocycles. The lowest BCUT2D eigenvalue weighted by Gasteiger charge is -2.22. The van der Waals surface area contributed by atoms with Crippen LogP contribution in [0.25, 0.3) is 0 Å². The molecule has 2 heterocycles. The average molecular weight is 311 g/mol. The number of sulfonamides is 1. The van der Waals surface area contributed by atoms with Crippen molar-refractivity contribution in [3.63, 3.8) is 0 Å². The number of nitrogens with zero attached hydrogens (tertiary/aromatic N) is 2. The van der Waals surface area contributed by atoms with Gasteiger partial charge >= 0.3 is 0 Å². The minimum absolute atomic E-state index is 0.274. The van der Waals surface area contributed by atoms with Crippen LogP contribution in [-0.2, 0) is 10.0 Å². The highest BCUT2D eigenvalue weighted by Crippen LogP contribution is 2.29. The van der Waals surface area contributed by atoms with Crippen molar-refractivity contribution in [2.75, 3.05) is 25.5 Å². The molecule has 1 unspecified atom stereocenters. The summed E-state index contributed by atoms with van der Waals surface area (Å²) in [4.78, 5) is 4.38. The Balaban J connectivity index is 2.23. The van der Waals surface area contributed by atoms with E-state index in [-0.39, 0.29) is 4.90 Å². The van der Waals surface area contributed by atoms with Gasteiger partial charge in [0.25, 0.3) is 0 Å². The maximum Gasteiger partial charge on any atom is 0.246 e. The van der Waals surface area contributed by atoms with Crippen LogP contribution in [0, 0.1) is 11.8 Å². The third-order valence-corrected chi connectivity index (χ3v) is 6.23. The first-order valence-electron chi connectivity index (χ1n) is 7.59. The Kier molecular flexibility index (Phi) is 5.22. The van der Waals surface area contributed by atoms with Crippen LogP contribution in [0.2, 0.25) is 0 Å². The second-order valence-corrected chi connectivity index (χ2v) is 7.85. The number of pyridine rings is 1. The fourth-order valence-electron chi connectivity index (χ4n) is 2.93. The van der Waals surface area contributed by atoms with Crippen molar-refractivity contribution in [3.8, 4) is 0 Å². The van der Waals surface area contributed by atoms with E-state index in [0.717, 1.165) is 19.3 Å². The zero-order chi connectivity index (χ0) is 15.5. The summed E-state index contributed by atoms with van der Waals surface area (Å²) in [6.07, 6.45) is 4.57. The van der Waals surface area contributed by atoms with E-state index in [4.69, 9.17) is 0 Å². The van der Waals surface area contributed by atoms with Gasteiger partial charge in [-0.2, -0.15) is 4.31 Å². The molecule has 118 valence electrons. The highest BCUT2D eigenvalue weighted by Gasteiger charge is 2.30. The average Bonchev–Trinajstić information content (AvgIpc) is 2.73. The van der Waals surface area contributed by atoms with Crippen molar-refractivity contribution in [2.24, 2.45) is 11.8 Å². The lowest BCUT2D eigenvalue weighted by atomic mass is 9.89. The second kappa shape index (κ2) is 6.75. The van der Waals surface area contributed by atoms with Crippen molar-refractivity contribution in [2.45, 2.75) is 38.0 Å². The van der Waals surface area contributed by atoms with Gasteiger partial charge in [-0.15, -0.1) is 0 Å². The monoisotopic (exact) mass is 311 g/mol. The van der Waals surface area contributed by atoms with E-state index in [2.05, 4.69) is 24.1 Å². The van der Waals surface area contributed by atoms with E-state index >= 15 is 0 Å². The number of aromatic nitrogens is 1. The minimum Gasteiger partial charge on any atom is -0.372 e. The van der Waals surface area contributed by atoms with E-state index in [1.165, 1.54) is 0 Å². The molecule has 0 saturated carbocycles. The number of hydrogen-bond acceptors (Lipinski definition) is 4. The van der Waals surface area contributed by atoms with Crippen molar-refractivity contribution >= 4 is 15.8 Å². The smallest absolute Gasteiger partial charge is 0.246 e. The van der Waals surface area contributed by atoms with Crippen molar-refractivity contribution in [1.29, 1.82) is 0 Å². The number of nitrogens with one attached hydrogen (secondary N) is 1. The summed E-state index contributed by atoms with van der Waals surface area (Å²) in [5, 5.41) is 2.87. The molecular weight excluding hydrogens is 286 g/mol. The molecule has 1 aromatic rings. The van der Waals surface area contributed by atoms with Gasteiger partial charge in [-0.05, 0) is 43.2 Å². The Morgan fingerprint density at radius 2 is 2.10 bits per heavy atom. The molecule has 0 amide bonds. The maximum absolute atomic E-state index is 12.8. The molecule has 0 spiro atoms. The van der Waals surface area contributed by atoms with Crippen LogP contribution in [0.1, 0.15) is 33.1 Å². The van der Waals surface area contributed by atoms with Gasteiger partial charge in [0.15, 0.2) is 0 Å². The molecule has 5 nitrogen and oxygen atoms in total. The quantitative estimate of drug-likeness (QED) is 0.928. The lowest BCUT2D eigenvalue weighted by molar-refractivity contribution is 0.341. The molecule has 0 aliphatic carbocycles. The van der Waals surface area contributed by atoms with Crippen LogP contribution in [0.15, 0.2) is 23.2 Å². The standard InChI is InChI=1S/C15H25N3O2S/c1-12(2)13-6-5-10-18(11-8-13)21(19,20)14-7-4-9-17-15(14)16-3/h4,7,9,12-13H,5-6,8,10-11H2,1-3H3,(H,16,17). The van der Waals surface area contributed by atoms with Gasteiger partial charge < -0.3 is 5.32 Å². The van der Waals surface area contributed by atoms with Crippen LogP contribution < -0.4 is 5.32 Å². The first-order chi connectivity index (χ1) is 9.96. The summed E-state index contributed by atoms with van der Waals surface area (Å²) in [6, 6.07) is 3.29. The molecule has 6 heteroatoms. The summed E-state index contributed by atoms with van der Waals surface area (Å²) in [5.41, 5.74) is 0. The van der Waals surface area contributed by atoms with Gasteiger partial charge in [-0.3, -0.25) is 0 Å². The third-order valence-electron chi connectivity index (χ3n) is 4.30. The number of rotatable bonds is 4. The zero-order valence-corrected chi connectivity index (χ0v) is 13.9. The van der Waals surface area contributed by atoms with Crippen molar-refractivity contribution in [3.05, 3.63) is 18.3 Å². The van der Waals surface area contributed by atoms with E-state index in [0.29, 0.717) is 30.7 Å². The Labute approximate surface area is 127 Å². The fourth-order valence-corrected chi connectivity index (χ4v) is 4.57. The summed E-state index contributed by atoms with van der Waals surface area (Å²) >= 11 is 0.